The summed E-state index contributed by atoms with van der Waals surface area (Å²) >= 11 is 1.87. The van der Waals surface area contributed by atoms with E-state index in [1.165, 1.54) is 18.6 Å². The molecule has 3 N–H and O–H groups in total. The van der Waals surface area contributed by atoms with Crippen LogP contribution in [0.3, 0.4) is 0 Å². The lowest BCUT2D eigenvalue weighted by atomic mass is 10.1. The number of aliphatic carboxylic acids is 1. The molecule has 0 aliphatic rings. The van der Waals surface area contributed by atoms with Crippen molar-refractivity contribution in [2.45, 2.75) is 45.4 Å². The second kappa shape index (κ2) is 13.1. The van der Waals surface area contributed by atoms with Gasteiger partial charge < -0.3 is 15.7 Å². The lowest BCUT2D eigenvalue weighted by Gasteiger charge is -2.12. The van der Waals surface area contributed by atoms with Gasteiger partial charge in [-0.3, -0.25) is 4.79 Å². The third-order valence-electron chi connectivity index (χ3n) is 3.02. The molecule has 0 bridgehead atoms. The second-order valence-electron chi connectivity index (χ2n) is 5.08. The highest BCUT2D eigenvalue weighted by Gasteiger charge is 2.07. The SMILES string of the molecule is CSCCCCCCNC(=O)NCC(C)CCC(=O)O. The van der Waals surface area contributed by atoms with E-state index < -0.39 is 5.97 Å². The summed E-state index contributed by atoms with van der Waals surface area (Å²) < 4.78 is 0. The maximum absolute atomic E-state index is 11.5. The van der Waals surface area contributed by atoms with E-state index >= 15 is 0 Å². The first-order valence-electron chi connectivity index (χ1n) is 7.28. The molecular formula is C14H28N2O3S. The molecule has 0 spiro atoms. The summed E-state index contributed by atoms with van der Waals surface area (Å²) in [4.78, 5) is 21.9. The fourth-order valence-electron chi connectivity index (χ4n) is 1.73. The molecular weight excluding hydrogens is 276 g/mol. The van der Waals surface area contributed by atoms with Crippen molar-refractivity contribution < 1.29 is 14.7 Å². The first-order chi connectivity index (χ1) is 9.56. The molecule has 0 aromatic rings. The average Bonchev–Trinajstić information content (AvgIpc) is 2.41. The smallest absolute Gasteiger partial charge is 0.314 e. The number of carboxylic acids is 1. The molecule has 118 valence electrons. The van der Waals surface area contributed by atoms with E-state index in [-0.39, 0.29) is 18.4 Å². The molecule has 0 saturated heterocycles. The van der Waals surface area contributed by atoms with E-state index in [1.807, 2.05) is 18.7 Å². The molecule has 0 fully saturated rings. The molecule has 1 unspecified atom stereocenters. The van der Waals surface area contributed by atoms with Gasteiger partial charge in [0, 0.05) is 19.5 Å². The molecule has 0 heterocycles. The summed E-state index contributed by atoms with van der Waals surface area (Å²) in [7, 11) is 0. The van der Waals surface area contributed by atoms with Gasteiger partial charge in [-0.15, -0.1) is 0 Å². The van der Waals surface area contributed by atoms with Crippen molar-refractivity contribution in [2.24, 2.45) is 5.92 Å². The Morgan fingerprint density at radius 1 is 1.15 bits per heavy atom. The highest BCUT2D eigenvalue weighted by Crippen LogP contribution is 2.04. The van der Waals surface area contributed by atoms with Crippen LogP contribution in [0.25, 0.3) is 0 Å². The van der Waals surface area contributed by atoms with Crippen molar-refractivity contribution >= 4 is 23.8 Å². The van der Waals surface area contributed by atoms with Crippen LogP contribution < -0.4 is 10.6 Å². The molecule has 0 aromatic carbocycles. The van der Waals surface area contributed by atoms with Crippen LogP contribution in [0.1, 0.15) is 45.4 Å². The van der Waals surface area contributed by atoms with Crippen molar-refractivity contribution in [3.05, 3.63) is 0 Å². The summed E-state index contributed by atoms with van der Waals surface area (Å²) in [6.45, 7) is 3.16. The molecule has 0 aliphatic carbocycles. The molecule has 1 atom stereocenters. The van der Waals surface area contributed by atoms with Gasteiger partial charge in [0.1, 0.15) is 0 Å². The molecule has 0 radical (unpaired) electrons. The van der Waals surface area contributed by atoms with Crippen LogP contribution in [0, 0.1) is 5.92 Å². The summed E-state index contributed by atoms with van der Waals surface area (Å²) in [5, 5.41) is 14.2. The van der Waals surface area contributed by atoms with Gasteiger partial charge in [0.2, 0.25) is 0 Å². The number of nitrogens with one attached hydrogen (secondary N) is 2. The van der Waals surface area contributed by atoms with Crippen LogP contribution in [-0.2, 0) is 4.79 Å². The summed E-state index contributed by atoms with van der Waals surface area (Å²) in [6, 6.07) is -0.156. The van der Waals surface area contributed by atoms with Crippen LogP contribution in [0.2, 0.25) is 0 Å². The van der Waals surface area contributed by atoms with E-state index in [1.54, 1.807) is 0 Å². The fourth-order valence-corrected chi connectivity index (χ4v) is 2.22. The quantitative estimate of drug-likeness (QED) is 0.484. The third-order valence-corrected chi connectivity index (χ3v) is 3.72. The van der Waals surface area contributed by atoms with Crippen molar-refractivity contribution in [3.8, 4) is 0 Å². The molecule has 6 heteroatoms. The minimum Gasteiger partial charge on any atom is -0.481 e. The second-order valence-corrected chi connectivity index (χ2v) is 6.07. The van der Waals surface area contributed by atoms with E-state index in [0.717, 1.165) is 12.8 Å². The molecule has 2 amide bonds. The van der Waals surface area contributed by atoms with Gasteiger partial charge in [-0.05, 0) is 37.2 Å². The topological polar surface area (TPSA) is 78.4 Å². The van der Waals surface area contributed by atoms with Crippen molar-refractivity contribution in [1.82, 2.24) is 10.6 Å². The van der Waals surface area contributed by atoms with Gasteiger partial charge in [-0.25, -0.2) is 4.79 Å². The van der Waals surface area contributed by atoms with Crippen LogP contribution in [0.15, 0.2) is 0 Å². The predicted octanol–water partition coefficient (Wildman–Crippen LogP) is 2.71. The lowest BCUT2D eigenvalue weighted by Crippen LogP contribution is -2.38. The molecule has 0 rings (SSSR count). The zero-order valence-electron chi connectivity index (χ0n) is 12.6. The average molecular weight is 304 g/mol. The van der Waals surface area contributed by atoms with Crippen LogP contribution in [0.4, 0.5) is 4.79 Å². The number of thioether (sulfide) groups is 1. The Morgan fingerprint density at radius 2 is 1.85 bits per heavy atom. The first kappa shape index (κ1) is 19.1. The third kappa shape index (κ3) is 13.5. The maximum Gasteiger partial charge on any atom is 0.314 e. The summed E-state index contributed by atoms with van der Waals surface area (Å²) in [5.74, 6) is 0.605. The zero-order chi connectivity index (χ0) is 15.2. The normalized spacial score (nSPS) is 11.9. The number of carbonyl (C=O) groups excluding carboxylic acids is 1. The molecule has 0 aliphatic heterocycles. The number of carbonyl (C=O) groups is 2. The van der Waals surface area contributed by atoms with Gasteiger partial charge in [0.15, 0.2) is 0 Å². The highest BCUT2D eigenvalue weighted by molar-refractivity contribution is 7.98. The number of carboxylic acid groups (broad SMARTS) is 1. The minimum atomic E-state index is -0.789. The summed E-state index contributed by atoms with van der Waals surface area (Å²) in [5.41, 5.74) is 0. The zero-order valence-corrected chi connectivity index (χ0v) is 13.4. The number of amides is 2. The Hall–Kier alpha value is -0.910. The largest absolute Gasteiger partial charge is 0.481 e. The van der Waals surface area contributed by atoms with E-state index in [0.29, 0.717) is 19.5 Å². The van der Waals surface area contributed by atoms with Crippen molar-refractivity contribution in [2.75, 3.05) is 25.1 Å². The number of unbranched alkanes of at least 4 members (excludes halogenated alkanes) is 3. The van der Waals surface area contributed by atoms with Crippen molar-refractivity contribution in [3.63, 3.8) is 0 Å². The van der Waals surface area contributed by atoms with Gasteiger partial charge in [0.25, 0.3) is 0 Å². The standard InChI is InChI=1S/C14H28N2O3S/c1-12(7-8-13(17)18)11-16-14(19)15-9-5-3-4-6-10-20-2/h12H,3-11H2,1-2H3,(H,17,18)(H2,15,16,19). The van der Waals surface area contributed by atoms with Gasteiger partial charge >= 0.3 is 12.0 Å². The number of hydrogen-bond acceptors (Lipinski definition) is 3. The number of urea groups is 1. The van der Waals surface area contributed by atoms with E-state index in [4.69, 9.17) is 5.11 Å². The fraction of sp³-hybridized carbons (Fsp3) is 0.857. The Morgan fingerprint density at radius 3 is 2.50 bits per heavy atom. The van der Waals surface area contributed by atoms with Gasteiger partial charge in [-0.2, -0.15) is 11.8 Å². The van der Waals surface area contributed by atoms with E-state index in [9.17, 15) is 9.59 Å². The van der Waals surface area contributed by atoms with Crippen molar-refractivity contribution in [1.29, 1.82) is 0 Å². The minimum absolute atomic E-state index is 0.153. The monoisotopic (exact) mass is 304 g/mol. The molecule has 20 heavy (non-hydrogen) atoms. The lowest BCUT2D eigenvalue weighted by molar-refractivity contribution is -0.137. The Kier molecular flexibility index (Phi) is 12.5. The Balaban J connectivity index is 3.38. The van der Waals surface area contributed by atoms with Gasteiger partial charge in [-0.1, -0.05) is 19.8 Å². The molecule has 5 nitrogen and oxygen atoms in total. The first-order valence-corrected chi connectivity index (χ1v) is 8.68. The molecule has 0 aromatic heterocycles. The predicted molar refractivity (Wildman–Crippen MR) is 84.3 cm³/mol. The Labute approximate surface area is 126 Å². The number of rotatable bonds is 12. The van der Waals surface area contributed by atoms with Crippen LogP contribution >= 0.6 is 11.8 Å². The highest BCUT2D eigenvalue weighted by atomic mass is 32.2. The van der Waals surface area contributed by atoms with Crippen LogP contribution in [0.5, 0.6) is 0 Å². The molecule has 0 saturated carbocycles. The summed E-state index contributed by atoms with van der Waals surface area (Å²) in [6.07, 6.45) is 7.48. The van der Waals surface area contributed by atoms with Gasteiger partial charge in [0.05, 0.1) is 0 Å². The Bertz CT molecular complexity index is 275. The van der Waals surface area contributed by atoms with E-state index in [2.05, 4.69) is 16.9 Å². The number of hydrogen-bond donors (Lipinski definition) is 3. The maximum atomic E-state index is 11.5. The van der Waals surface area contributed by atoms with Crippen LogP contribution in [-0.4, -0.2) is 42.2 Å².